The van der Waals surface area contributed by atoms with Gasteiger partial charge in [0.05, 0.1) is 22.4 Å². The summed E-state index contributed by atoms with van der Waals surface area (Å²) in [4.78, 5) is 22.6. The summed E-state index contributed by atoms with van der Waals surface area (Å²) in [6.45, 7) is 1.56. The molecule has 0 saturated heterocycles. The molecule has 26 heavy (non-hydrogen) atoms. The van der Waals surface area contributed by atoms with E-state index in [4.69, 9.17) is 5.73 Å². The number of anilines is 1. The van der Waals surface area contributed by atoms with Crippen molar-refractivity contribution in [2.45, 2.75) is 6.92 Å². The van der Waals surface area contributed by atoms with Gasteiger partial charge in [0.1, 0.15) is 0 Å². The van der Waals surface area contributed by atoms with Crippen molar-refractivity contribution in [3.05, 3.63) is 51.3 Å². The van der Waals surface area contributed by atoms with Crippen LogP contribution in [0.2, 0.25) is 0 Å². The smallest absolute Gasteiger partial charge is 0.293 e. The molecule has 0 spiro atoms. The van der Waals surface area contributed by atoms with Crippen LogP contribution in [-0.4, -0.2) is 42.4 Å². The second-order valence-corrected chi connectivity index (χ2v) is 4.92. The Morgan fingerprint density at radius 2 is 2.19 bits per heavy atom. The minimum absolute atomic E-state index is 0.0145. The lowest BCUT2D eigenvalue weighted by Crippen LogP contribution is -2.19. The van der Waals surface area contributed by atoms with E-state index in [1.54, 1.807) is 13.0 Å². The predicted molar refractivity (Wildman–Crippen MR) is 86.5 cm³/mol. The highest BCUT2D eigenvalue weighted by molar-refractivity contribution is 5.94. The maximum atomic E-state index is 12.2. The van der Waals surface area contributed by atoms with E-state index in [1.807, 2.05) is 0 Å². The molecule has 0 aliphatic rings. The molecule has 3 aromatic rings. The number of aromatic nitrogens is 5. The first-order chi connectivity index (χ1) is 12.5. The van der Waals surface area contributed by atoms with Crippen LogP contribution in [0.25, 0.3) is 5.82 Å². The van der Waals surface area contributed by atoms with Gasteiger partial charge in [0.25, 0.3) is 11.6 Å². The number of hydrazone groups is 1. The van der Waals surface area contributed by atoms with Gasteiger partial charge in [-0.2, -0.15) is 9.78 Å². The number of nitrogens with zero attached hydrogens (tertiary/aromatic N) is 7. The Labute approximate surface area is 144 Å². The molecule has 0 fully saturated rings. The predicted octanol–water partition coefficient (Wildman–Crippen LogP) is 0.213. The molecule has 3 rings (SSSR count). The molecule has 1 amide bonds. The molecule has 3 N–H and O–H groups in total. The zero-order valence-corrected chi connectivity index (χ0v) is 13.2. The zero-order valence-electron chi connectivity index (χ0n) is 13.2. The van der Waals surface area contributed by atoms with Gasteiger partial charge in [0.15, 0.2) is 5.69 Å². The van der Waals surface area contributed by atoms with Crippen molar-refractivity contribution >= 4 is 23.6 Å². The first-order valence-electron chi connectivity index (χ1n) is 7.06. The third kappa shape index (κ3) is 3.08. The standard InChI is InChI=1S/C13H11N9O4/c1-7-10(16-20-21(7)12-11(14)18-26-19-12)13(23)17-15-6-8-4-2-3-5-9(8)22(24)25/h2-6H,1H3,(H2,14,18)(H,17,23)/b15-6-. The van der Waals surface area contributed by atoms with Crippen molar-refractivity contribution in [2.75, 3.05) is 5.73 Å². The molecule has 132 valence electrons. The Hall–Kier alpha value is -4.16. The summed E-state index contributed by atoms with van der Waals surface area (Å²) in [5.41, 5.74) is 8.19. The van der Waals surface area contributed by atoms with Crippen molar-refractivity contribution in [1.82, 2.24) is 30.7 Å². The summed E-state index contributed by atoms with van der Waals surface area (Å²) in [5.74, 6) is -0.588. The van der Waals surface area contributed by atoms with Gasteiger partial charge in [-0.3, -0.25) is 14.9 Å². The molecular weight excluding hydrogens is 346 g/mol. The molecule has 1 aromatic carbocycles. The van der Waals surface area contributed by atoms with Crippen LogP contribution in [-0.2, 0) is 0 Å². The second kappa shape index (κ2) is 6.76. The monoisotopic (exact) mass is 357 g/mol. The Kier molecular flexibility index (Phi) is 4.34. The van der Waals surface area contributed by atoms with Crippen molar-refractivity contribution in [3.63, 3.8) is 0 Å². The average molecular weight is 357 g/mol. The van der Waals surface area contributed by atoms with Crippen LogP contribution in [0.1, 0.15) is 21.7 Å². The highest BCUT2D eigenvalue weighted by atomic mass is 16.6. The van der Waals surface area contributed by atoms with Crippen LogP contribution >= 0.6 is 0 Å². The third-order valence-corrected chi connectivity index (χ3v) is 3.31. The number of hydrogen-bond acceptors (Lipinski definition) is 10. The quantitative estimate of drug-likeness (QED) is 0.366. The van der Waals surface area contributed by atoms with Crippen LogP contribution in [0.15, 0.2) is 34.0 Å². The average Bonchev–Trinajstić information content (AvgIpc) is 3.20. The van der Waals surface area contributed by atoms with Crippen LogP contribution in [0.3, 0.4) is 0 Å². The van der Waals surface area contributed by atoms with E-state index < -0.39 is 10.8 Å². The van der Waals surface area contributed by atoms with E-state index >= 15 is 0 Å². The molecule has 0 saturated carbocycles. The number of nitro groups is 1. The van der Waals surface area contributed by atoms with Gasteiger partial charge in [-0.25, -0.2) is 10.1 Å². The topological polar surface area (TPSA) is 180 Å². The normalized spacial score (nSPS) is 11.0. The van der Waals surface area contributed by atoms with Crippen LogP contribution in [0.4, 0.5) is 11.5 Å². The third-order valence-electron chi connectivity index (χ3n) is 3.31. The minimum atomic E-state index is -0.668. The number of rotatable bonds is 5. The summed E-state index contributed by atoms with van der Waals surface area (Å²) in [5, 5.41) is 29.1. The van der Waals surface area contributed by atoms with Gasteiger partial charge >= 0.3 is 0 Å². The van der Waals surface area contributed by atoms with E-state index in [0.29, 0.717) is 5.69 Å². The Morgan fingerprint density at radius 3 is 2.88 bits per heavy atom. The molecule has 13 nitrogen and oxygen atoms in total. The van der Waals surface area contributed by atoms with Gasteiger partial charge in [-0.15, -0.1) is 5.10 Å². The SMILES string of the molecule is Cc1c(C(=O)N/N=C\c2ccccc2[N+](=O)[O-])nnn1-c1nonc1N. The van der Waals surface area contributed by atoms with Crippen LogP contribution in [0.5, 0.6) is 0 Å². The van der Waals surface area contributed by atoms with Crippen LogP contribution in [0, 0.1) is 17.0 Å². The highest BCUT2D eigenvalue weighted by Gasteiger charge is 2.20. The van der Waals surface area contributed by atoms with Gasteiger partial charge in [0.2, 0.25) is 11.6 Å². The number of carbonyl (C=O) groups is 1. The molecule has 0 unspecified atom stereocenters. The molecule has 2 aromatic heterocycles. The molecule has 0 radical (unpaired) electrons. The van der Waals surface area contributed by atoms with E-state index in [0.717, 1.165) is 6.21 Å². The highest BCUT2D eigenvalue weighted by Crippen LogP contribution is 2.16. The number of amides is 1. The largest absolute Gasteiger partial charge is 0.378 e. The number of nitro benzene ring substituents is 1. The Balaban J connectivity index is 1.77. The molecular formula is C13H11N9O4. The lowest BCUT2D eigenvalue weighted by atomic mass is 10.2. The van der Waals surface area contributed by atoms with Crippen molar-refractivity contribution < 1.29 is 14.3 Å². The van der Waals surface area contributed by atoms with E-state index in [1.165, 1.54) is 22.9 Å². The van der Waals surface area contributed by atoms with Crippen LogP contribution < -0.4 is 11.2 Å². The number of carbonyl (C=O) groups excluding carboxylic acids is 1. The summed E-state index contributed by atoms with van der Waals surface area (Å²) in [6.07, 6.45) is 1.16. The lowest BCUT2D eigenvalue weighted by molar-refractivity contribution is -0.385. The minimum Gasteiger partial charge on any atom is -0.378 e. The van der Waals surface area contributed by atoms with Gasteiger partial charge in [0, 0.05) is 6.07 Å². The van der Waals surface area contributed by atoms with Gasteiger partial charge in [-0.1, -0.05) is 17.3 Å². The summed E-state index contributed by atoms with van der Waals surface area (Å²) < 4.78 is 5.66. The zero-order chi connectivity index (χ0) is 18.7. The summed E-state index contributed by atoms with van der Waals surface area (Å²) >= 11 is 0. The molecule has 13 heteroatoms. The van der Waals surface area contributed by atoms with E-state index in [-0.39, 0.29) is 28.6 Å². The maximum Gasteiger partial charge on any atom is 0.293 e. The number of nitrogens with one attached hydrogen (secondary N) is 1. The molecule has 0 bridgehead atoms. The Bertz CT molecular complexity index is 1010. The molecule has 0 aliphatic heterocycles. The Morgan fingerprint density at radius 1 is 1.42 bits per heavy atom. The number of nitrogens with two attached hydrogens (primary N) is 1. The van der Waals surface area contributed by atoms with E-state index in [9.17, 15) is 14.9 Å². The first kappa shape index (κ1) is 16.7. The van der Waals surface area contributed by atoms with E-state index in [2.05, 4.69) is 35.8 Å². The lowest BCUT2D eigenvalue weighted by Gasteiger charge is -1.99. The van der Waals surface area contributed by atoms with Crippen molar-refractivity contribution in [3.8, 4) is 5.82 Å². The van der Waals surface area contributed by atoms with Crippen molar-refractivity contribution in [1.29, 1.82) is 0 Å². The van der Waals surface area contributed by atoms with Gasteiger partial charge < -0.3 is 5.73 Å². The molecule has 0 aliphatic carbocycles. The first-order valence-corrected chi connectivity index (χ1v) is 7.06. The fourth-order valence-electron chi connectivity index (χ4n) is 2.05. The fourth-order valence-corrected chi connectivity index (χ4v) is 2.05. The molecule has 0 atom stereocenters. The summed E-state index contributed by atoms with van der Waals surface area (Å²) in [6, 6.07) is 5.97. The number of para-hydroxylation sites is 1. The number of benzene rings is 1. The second-order valence-electron chi connectivity index (χ2n) is 4.92. The maximum absolute atomic E-state index is 12.2. The molecule has 2 heterocycles. The van der Waals surface area contributed by atoms with Crippen molar-refractivity contribution in [2.24, 2.45) is 5.10 Å². The summed E-state index contributed by atoms with van der Waals surface area (Å²) in [7, 11) is 0. The fraction of sp³-hybridized carbons (Fsp3) is 0.0769. The van der Waals surface area contributed by atoms with Gasteiger partial charge in [-0.05, 0) is 23.3 Å². The number of nitrogen functional groups attached to an aromatic ring is 1. The number of hydrogen-bond donors (Lipinski definition) is 2.